The van der Waals surface area contributed by atoms with E-state index < -0.39 is 0 Å². The summed E-state index contributed by atoms with van der Waals surface area (Å²) in [4.78, 5) is 17.6. The first kappa shape index (κ1) is 12.8. The summed E-state index contributed by atoms with van der Waals surface area (Å²) in [5, 5.41) is 6.36. The van der Waals surface area contributed by atoms with Gasteiger partial charge < -0.3 is 10.6 Å². The van der Waals surface area contributed by atoms with Crippen LogP contribution in [0.4, 0.5) is 11.6 Å². The van der Waals surface area contributed by atoms with Gasteiger partial charge in [0.05, 0.1) is 24.1 Å². The molecule has 0 saturated heterocycles. The van der Waals surface area contributed by atoms with Crippen LogP contribution in [-0.4, -0.2) is 27.0 Å². The monoisotopic (exact) mass is 270 g/mol. The Hall–Kier alpha value is -2.24. The summed E-state index contributed by atoms with van der Waals surface area (Å²) in [6.45, 7) is 2.54. The summed E-state index contributed by atoms with van der Waals surface area (Å²) >= 11 is 0. The number of hydrogen-bond donors (Lipinski definition) is 2. The quantitative estimate of drug-likeness (QED) is 0.866. The fourth-order valence-corrected chi connectivity index (χ4v) is 1.90. The number of nitrogens with one attached hydrogen (secondary N) is 2. The van der Waals surface area contributed by atoms with E-state index in [-0.39, 0.29) is 0 Å². The Morgan fingerprint density at radius 2 is 1.95 bits per heavy atom. The lowest BCUT2D eigenvalue weighted by Crippen LogP contribution is -2.07. The van der Waals surface area contributed by atoms with Gasteiger partial charge in [-0.25, -0.2) is 9.97 Å². The standard InChI is InChI=1S/C14H18N6/c1-9-6-17-11(7-16-9)8-18-13-5-12(15-2)19-14(20-13)10-3-4-10/h5-7,10H,3-4,8H2,1-2H3,(H2,15,18,19,20). The van der Waals surface area contributed by atoms with Crippen LogP contribution in [0, 0.1) is 6.92 Å². The molecule has 1 saturated carbocycles. The van der Waals surface area contributed by atoms with Gasteiger partial charge in [0, 0.05) is 25.2 Å². The normalized spacial score (nSPS) is 14.1. The minimum Gasteiger partial charge on any atom is -0.373 e. The molecule has 2 heterocycles. The smallest absolute Gasteiger partial charge is 0.136 e. The minimum atomic E-state index is 0.531. The highest BCUT2D eigenvalue weighted by Crippen LogP contribution is 2.38. The van der Waals surface area contributed by atoms with Crippen molar-refractivity contribution < 1.29 is 0 Å². The molecule has 0 bridgehead atoms. The van der Waals surface area contributed by atoms with Gasteiger partial charge in [-0.05, 0) is 19.8 Å². The Kier molecular flexibility index (Phi) is 3.45. The zero-order valence-corrected chi connectivity index (χ0v) is 11.7. The zero-order valence-electron chi connectivity index (χ0n) is 11.7. The van der Waals surface area contributed by atoms with E-state index >= 15 is 0 Å². The molecule has 2 N–H and O–H groups in total. The van der Waals surface area contributed by atoms with Gasteiger partial charge in [0.1, 0.15) is 17.5 Å². The summed E-state index contributed by atoms with van der Waals surface area (Å²) in [6, 6.07) is 1.91. The van der Waals surface area contributed by atoms with E-state index in [9.17, 15) is 0 Å². The van der Waals surface area contributed by atoms with Crippen LogP contribution in [0.3, 0.4) is 0 Å². The van der Waals surface area contributed by atoms with Crippen LogP contribution in [0.25, 0.3) is 0 Å². The first-order valence-electron chi connectivity index (χ1n) is 6.83. The fourth-order valence-electron chi connectivity index (χ4n) is 1.90. The van der Waals surface area contributed by atoms with Crippen molar-refractivity contribution in [1.29, 1.82) is 0 Å². The Labute approximate surface area is 118 Å². The highest BCUT2D eigenvalue weighted by Gasteiger charge is 2.27. The Bertz CT molecular complexity index is 591. The van der Waals surface area contributed by atoms with Crippen molar-refractivity contribution in [1.82, 2.24) is 19.9 Å². The molecule has 1 aliphatic rings. The average molecular weight is 270 g/mol. The summed E-state index contributed by atoms with van der Waals surface area (Å²) in [5.41, 5.74) is 1.82. The first-order valence-corrected chi connectivity index (χ1v) is 6.83. The Balaban J connectivity index is 1.72. The van der Waals surface area contributed by atoms with Gasteiger partial charge >= 0.3 is 0 Å². The molecule has 2 aromatic rings. The van der Waals surface area contributed by atoms with Crippen LogP contribution in [0.5, 0.6) is 0 Å². The second-order valence-corrected chi connectivity index (χ2v) is 5.02. The zero-order chi connectivity index (χ0) is 13.9. The third-order valence-electron chi connectivity index (χ3n) is 3.23. The largest absolute Gasteiger partial charge is 0.373 e. The third-order valence-corrected chi connectivity index (χ3v) is 3.23. The number of aromatic nitrogens is 4. The van der Waals surface area contributed by atoms with Gasteiger partial charge in [-0.15, -0.1) is 0 Å². The summed E-state index contributed by atoms with van der Waals surface area (Å²) in [6.07, 6.45) is 5.93. The molecule has 1 fully saturated rings. The predicted molar refractivity (Wildman–Crippen MR) is 77.6 cm³/mol. The van der Waals surface area contributed by atoms with Crippen molar-refractivity contribution in [2.75, 3.05) is 17.7 Å². The number of aryl methyl sites for hydroxylation is 1. The summed E-state index contributed by atoms with van der Waals surface area (Å²) in [7, 11) is 1.87. The number of hydrogen-bond acceptors (Lipinski definition) is 6. The van der Waals surface area contributed by atoms with Crippen molar-refractivity contribution in [3.05, 3.63) is 35.7 Å². The molecule has 0 aliphatic heterocycles. The van der Waals surface area contributed by atoms with Gasteiger partial charge in [-0.3, -0.25) is 9.97 Å². The summed E-state index contributed by atoms with van der Waals surface area (Å²) in [5.74, 6) is 3.13. The molecule has 0 atom stereocenters. The second kappa shape index (κ2) is 5.40. The molecule has 1 aliphatic carbocycles. The van der Waals surface area contributed by atoms with Crippen LogP contribution < -0.4 is 10.6 Å². The molecule has 20 heavy (non-hydrogen) atoms. The van der Waals surface area contributed by atoms with Crippen molar-refractivity contribution in [2.45, 2.75) is 32.2 Å². The molecule has 6 heteroatoms. The van der Waals surface area contributed by atoms with E-state index in [4.69, 9.17) is 0 Å². The topological polar surface area (TPSA) is 75.6 Å². The molecule has 3 rings (SSSR count). The number of anilines is 2. The predicted octanol–water partition coefficient (Wildman–Crippen LogP) is 2.11. The Morgan fingerprint density at radius 1 is 1.15 bits per heavy atom. The molecule has 104 valence electrons. The highest BCUT2D eigenvalue weighted by molar-refractivity contribution is 5.48. The van der Waals surface area contributed by atoms with Gasteiger partial charge in [0.2, 0.25) is 0 Å². The van der Waals surface area contributed by atoms with Gasteiger partial charge in [-0.1, -0.05) is 0 Å². The molecular weight excluding hydrogens is 252 g/mol. The van der Waals surface area contributed by atoms with E-state index in [0.717, 1.165) is 28.8 Å². The highest BCUT2D eigenvalue weighted by atomic mass is 15.1. The van der Waals surface area contributed by atoms with Crippen LogP contribution in [0.2, 0.25) is 0 Å². The van der Waals surface area contributed by atoms with Crippen molar-refractivity contribution in [3.63, 3.8) is 0 Å². The molecule has 6 nitrogen and oxygen atoms in total. The Morgan fingerprint density at radius 3 is 2.60 bits per heavy atom. The van der Waals surface area contributed by atoms with E-state index in [1.165, 1.54) is 12.8 Å². The van der Waals surface area contributed by atoms with Crippen molar-refractivity contribution >= 4 is 11.6 Å². The summed E-state index contributed by atoms with van der Waals surface area (Å²) < 4.78 is 0. The van der Waals surface area contributed by atoms with Crippen LogP contribution in [0.15, 0.2) is 18.5 Å². The maximum absolute atomic E-state index is 4.57. The van der Waals surface area contributed by atoms with Crippen molar-refractivity contribution in [3.8, 4) is 0 Å². The van der Waals surface area contributed by atoms with E-state index in [1.807, 2.05) is 20.0 Å². The van der Waals surface area contributed by atoms with Gasteiger partial charge in [-0.2, -0.15) is 0 Å². The maximum atomic E-state index is 4.57. The third kappa shape index (κ3) is 3.01. The first-order chi connectivity index (χ1) is 9.74. The van der Waals surface area contributed by atoms with E-state index in [0.29, 0.717) is 12.5 Å². The van der Waals surface area contributed by atoms with E-state index in [2.05, 4.69) is 30.6 Å². The molecule has 0 unspecified atom stereocenters. The fraction of sp³-hybridized carbons (Fsp3) is 0.429. The second-order valence-electron chi connectivity index (χ2n) is 5.02. The lowest BCUT2D eigenvalue weighted by molar-refractivity contribution is 0.914. The van der Waals surface area contributed by atoms with Gasteiger partial charge in [0.15, 0.2) is 0 Å². The molecule has 0 aromatic carbocycles. The number of nitrogens with zero attached hydrogens (tertiary/aromatic N) is 4. The lowest BCUT2D eigenvalue weighted by atomic mass is 10.3. The van der Waals surface area contributed by atoms with Crippen LogP contribution in [-0.2, 0) is 6.54 Å². The van der Waals surface area contributed by atoms with Crippen LogP contribution >= 0.6 is 0 Å². The molecule has 2 aromatic heterocycles. The number of rotatable bonds is 5. The average Bonchev–Trinajstić information content (AvgIpc) is 3.31. The molecule has 0 amide bonds. The minimum absolute atomic E-state index is 0.531. The van der Waals surface area contributed by atoms with Crippen molar-refractivity contribution in [2.24, 2.45) is 0 Å². The van der Waals surface area contributed by atoms with Crippen LogP contribution in [0.1, 0.15) is 36.0 Å². The molecule has 0 spiro atoms. The lowest BCUT2D eigenvalue weighted by Gasteiger charge is -2.09. The molecular formula is C14H18N6. The van der Waals surface area contributed by atoms with Gasteiger partial charge in [0.25, 0.3) is 0 Å². The van der Waals surface area contributed by atoms with E-state index in [1.54, 1.807) is 12.4 Å². The molecule has 0 radical (unpaired) electrons. The maximum Gasteiger partial charge on any atom is 0.136 e. The SMILES string of the molecule is CNc1cc(NCc2cnc(C)cn2)nc(C2CC2)n1.